The fourth-order valence-electron chi connectivity index (χ4n) is 3.57. The Bertz CT molecular complexity index is 383. The van der Waals surface area contributed by atoms with E-state index in [9.17, 15) is 0 Å². The van der Waals surface area contributed by atoms with Crippen molar-refractivity contribution in [2.75, 3.05) is 0 Å². The second kappa shape index (κ2) is 6.77. The van der Waals surface area contributed by atoms with E-state index in [2.05, 4.69) is 35.8 Å². The van der Waals surface area contributed by atoms with Crippen molar-refractivity contribution >= 4 is 11.5 Å². The van der Waals surface area contributed by atoms with Gasteiger partial charge in [-0.3, -0.25) is 11.3 Å². The van der Waals surface area contributed by atoms with Gasteiger partial charge >= 0.3 is 0 Å². The molecule has 0 aromatic carbocycles. The highest BCUT2D eigenvalue weighted by Gasteiger charge is 2.32. The Hall–Kier alpha value is -0.520. The van der Waals surface area contributed by atoms with E-state index in [0.717, 1.165) is 30.4 Å². The van der Waals surface area contributed by atoms with Crippen LogP contribution in [0.5, 0.6) is 0 Å². The zero-order valence-electron chi connectivity index (χ0n) is 12.2. The molecule has 19 heavy (non-hydrogen) atoms. The fraction of sp³-hybridized carbons (Fsp3) is 0.857. The second-order valence-corrected chi connectivity index (χ2v) is 6.94. The van der Waals surface area contributed by atoms with Gasteiger partial charge in [0.15, 0.2) is 0 Å². The van der Waals surface area contributed by atoms with E-state index in [-0.39, 0.29) is 6.04 Å². The summed E-state index contributed by atoms with van der Waals surface area (Å²) in [6.07, 6.45) is 5.96. The molecule has 3 N–H and O–H groups in total. The Labute approximate surface area is 120 Å². The topological polar surface area (TPSA) is 63.8 Å². The third-order valence-electron chi connectivity index (χ3n) is 4.22. The molecule has 0 amide bonds. The Morgan fingerprint density at radius 3 is 2.58 bits per heavy atom. The molecule has 1 aliphatic carbocycles. The molecule has 1 saturated carbocycles. The van der Waals surface area contributed by atoms with E-state index in [1.54, 1.807) is 0 Å². The van der Waals surface area contributed by atoms with Crippen molar-refractivity contribution in [3.8, 4) is 0 Å². The van der Waals surface area contributed by atoms with Crippen molar-refractivity contribution < 1.29 is 0 Å². The number of hydrogen-bond acceptors (Lipinski definition) is 5. The van der Waals surface area contributed by atoms with Crippen LogP contribution in [0.2, 0.25) is 0 Å². The van der Waals surface area contributed by atoms with Gasteiger partial charge in [0.2, 0.25) is 0 Å². The number of aromatic nitrogens is 2. The van der Waals surface area contributed by atoms with E-state index in [4.69, 9.17) is 5.84 Å². The van der Waals surface area contributed by atoms with Crippen LogP contribution in [0.15, 0.2) is 0 Å². The van der Waals surface area contributed by atoms with Crippen LogP contribution in [0.1, 0.15) is 63.1 Å². The molecule has 0 spiro atoms. The summed E-state index contributed by atoms with van der Waals surface area (Å²) < 4.78 is 4.14. The number of nitrogens with one attached hydrogen (secondary N) is 1. The number of hydrogen-bond donors (Lipinski definition) is 2. The van der Waals surface area contributed by atoms with Crippen LogP contribution in [0, 0.1) is 17.8 Å². The van der Waals surface area contributed by atoms with Gasteiger partial charge < -0.3 is 0 Å². The minimum atomic E-state index is 0.228. The van der Waals surface area contributed by atoms with Crippen molar-refractivity contribution in [2.45, 2.75) is 58.9 Å². The van der Waals surface area contributed by atoms with Crippen molar-refractivity contribution in [1.29, 1.82) is 0 Å². The molecule has 2 rings (SSSR count). The standard InChI is InChI=1S/C14H26N4S/c1-4-5-12-14(19-18-17-12)13(16-15)11-7-9(2)6-10(3)8-11/h9-11,13,16H,4-8,15H2,1-3H3. The summed E-state index contributed by atoms with van der Waals surface area (Å²) in [5.41, 5.74) is 4.18. The minimum absolute atomic E-state index is 0.228. The number of nitrogens with two attached hydrogens (primary N) is 1. The molecule has 5 heteroatoms. The summed E-state index contributed by atoms with van der Waals surface area (Å²) in [6.45, 7) is 6.89. The summed E-state index contributed by atoms with van der Waals surface area (Å²) in [5.74, 6) is 8.05. The Morgan fingerprint density at radius 2 is 2.00 bits per heavy atom. The summed E-state index contributed by atoms with van der Waals surface area (Å²) in [7, 11) is 0. The van der Waals surface area contributed by atoms with Crippen molar-refractivity contribution in [3.63, 3.8) is 0 Å². The van der Waals surface area contributed by atoms with Gasteiger partial charge in [-0.15, -0.1) is 5.10 Å². The lowest BCUT2D eigenvalue weighted by atomic mass is 9.73. The van der Waals surface area contributed by atoms with Gasteiger partial charge in [-0.25, -0.2) is 0 Å². The molecule has 1 heterocycles. The second-order valence-electron chi connectivity index (χ2n) is 6.16. The summed E-state index contributed by atoms with van der Waals surface area (Å²) >= 11 is 1.51. The quantitative estimate of drug-likeness (QED) is 0.643. The molecular formula is C14H26N4S. The third kappa shape index (κ3) is 3.52. The molecular weight excluding hydrogens is 256 g/mol. The molecule has 1 aliphatic rings. The maximum Gasteiger partial charge on any atom is 0.0804 e. The predicted octanol–water partition coefficient (Wildman–Crippen LogP) is 3.07. The van der Waals surface area contributed by atoms with Crippen LogP contribution < -0.4 is 11.3 Å². The van der Waals surface area contributed by atoms with Crippen LogP contribution in [0.25, 0.3) is 0 Å². The van der Waals surface area contributed by atoms with E-state index in [1.807, 2.05) is 0 Å². The van der Waals surface area contributed by atoms with Gasteiger partial charge in [-0.1, -0.05) is 31.7 Å². The van der Waals surface area contributed by atoms with Gasteiger partial charge in [0, 0.05) is 0 Å². The Balaban J connectivity index is 2.16. The first-order chi connectivity index (χ1) is 9.15. The molecule has 0 bridgehead atoms. The number of aryl methyl sites for hydroxylation is 1. The monoisotopic (exact) mass is 282 g/mol. The summed E-state index contributed by atoms with van der Waals surface area (Å²) in [4.78, 5) is 1.26. The average molecular weight is 282 g/mol. The van der Waals surface area contributed by atoms with Crippen LogP contribution in [-0.4, -0.2) is 9.59 Å². The Morgan fingerprint density at radius 1 is 1.32 bits per heavy atom. The van der Waals surface area contributed by atoms with Crippen LogP contribution in [0.4, 0.5) is 0 Å². The maximum atomic E-state index is 5.85. The van der Waals surface area contributed by atoms with E-state index in [1.165, 1.54) is 35.7 Å². The average Bonchev–Trinajstić information content (AvgIpc) is 2.78. The fourth-order valence-corrected chi connectivity index (χ4v) is 4.42. The number of rotatable bonds is 5. The molecule has 108 valence electrons. The van der Waals surface area contributed by atoms with Crippen LogP contribution in [-0.2, 0) is 6.42 Å². The van der Waals surface area contributed by atoms with Crippen molar-refractivity contribution in [3.05, 3.63) is 10.6 Å². The Kier molecular flexibility index (Phi) is 5.30. The molecule has 0 aliphatic heterocycles. The van der Waals surface area contributed by atoms with Crippen LogP contribution >= 0.6 is 11.5 Å². The molecule has 0 radical (unpaired) electrons. The normalized spacial score (nSPS) is 29.4. The predicted molar refractivity (Wildman–Crippen MR) is 79.6 cm³/mol. The van der Waals surface area contributed by atoms with Gasteiger partial charge in [0.25, 0.3) is 0 Å². The molecule has 1 aromatic rings. The van der Waals surface area contributed by atoms with Gasteiger partial charge in [-0.05, 0) is 55.0 Å². The van der Waals surface area contributed by atoms with Gasteiger partial charge in [0.1, 0.15) is 0 Å². The lowest BCUT2D eigenvalue weighted by molar-refractivity contribution is 0.178. The first kappa shape index (κ1) is 14.9. The first-order valence-electron chi connectivity index (χ1n) is 7.42. The minimum Gasteiger partial charge on any atom is -0.271 e. The van der Waals surface area contributed by atoms with E-state index >= 15 is 0 Å². The molecule has 0 saturated heterocycles. The molecule has 4 nitrogen and oxygen atoms in total. The largest absolute Gasteiger partial charge is 0.271 e. The summed E-state index contributed by atoms with van der Waals surface area (Å²) in [6, 6.07) is 0.228. The highest BCUT2D eigenvalue weighted by atomic mass is 32.1. The SMILES string of the molecule is CCCc1nnsc1C(NN)C1CC(C)CC(C)C1. The van der Waals surface area contributed by atoms with Gasteiger partial charge in [0.05, 0.1) is 16.6 Å². The zero-order valence-corrected chi connectivity index (χ0v) is 13.0. The lowest BCUT2D eigenvalue weighted by Gasteiger charge is -2.35. The third-order valence-corrected chi connectivity index (χ3v) is 5.07. The highest BCUT2D eigenvalue weighted by molar-refractivity contribution is 7.05. The van der Waals surface area contributed by atoms with E-state index in [0.29, 0.717) is 5.92 Å². The molecule has 3 unspecified atom stereocenters. The summed E-state index contributed by atoms with van der Waals surface area (Å²) in [5, 5.41) is 4.28. The zero-order chi connectivity index (χ0) is 13.8. The van der Waals surface area contributed by atoms with Crippen molar-refractivity contribution in [1.82, 2.24) is 15.0 Å². The van der Waals surface area contributed by atoms with Crippen molar-refractivity contribution in [2.24, 2.45) is 23.6 Å². The maximum absolute atomic E-state index is 5.85. The van der Waals surface area contributed by atoms with Gasteiger partial charge in [-0.2, -0.15) is 0 Å². The molecule has 1 fully saturated rings. The molecule has 1 aromatic heterocycles. The van der Waals surface area contributed by atoms with Crippen LogP contribution in [0.3, 0.4) is 0 Å². The molecule has 3 atom stereocenters. The van der Waals surface area contributed by atoms with E-state index < -0.39 is 0 Å². The number of nitrogens with zero attached hydrogens (tertiary/aromatic N) is 2. The number of hydrazine groups is 1. The first-order valence-corrected chi connectivity index (χ1v) is 8.20. The highest BCUT2D eigenvalue weighted by Crippen LogP contribution is 2.40. The lowest BCUT2D eigenvalue weighted by Crippen LogP contribution is -2.37. The smallest absolute Gasteiger partial charge is 0.0804 e.